The van der Waals surface area contributed by atoms with Crippen LogP contribution in [0, 0.1) is 17.2 Å². The molecule has 5 rings (SSSR count). The summed E-state index contributed by atoms with van der Waals surface area (Å²) in [6.45, 7) is 0.473. The van der Waals surface area contributed by atoms with Crippen molar-refractivity contribution in [3.8, 4) is 11.8 Å². The van der Waals surface area contributed by atoms with E-state index in [1.54, 1.807) is 13.2 Å². The molecular weight excluding hydrogens is 466 g/mol. The van der Waals surface area contributed by atoms with Crippen LogP contribution in [0.4, 0.5) is 5.69 Å². The molecule has 0 aliphatic carbocycles. The first-order valence-corrected chi connectivity index (χ1v) is 12.6. The van der Waals surface area contributed by atoms with E-state index in [0.717, 1.165) is 16.4 Å². The van der Waals surface area contributed by atoms with Crippen LogP contribution < -0.4 is 10.1 Å². The summed E-state index contributed by atoms with van der Waals surface area (Å²) in [7, 11) is -2.14. The highest BCUT2D eigenvalue weighted by molar-refractivity contribution is 7.89. The number of hydrogen-bond donors (Lipinski definition) is 1. The molecule has 4 aromatic rings. The van der Waals surface area contributed by atoms with E-state index in [2.05, 4.69) is 5.32 Å². The van der Waals surface area contributed by atoms with Crippen molar-refractivity contribution in [2.75, 3.05) is 25.5 Å². The number of piperidine rings is 1. The number of rotatable bonds is 5. The van der Waals surface area contributed by atoms with E-state index in [1.165, 1.54) is 28.6 Å². The maximum atomic E-state index is 13.0. The predicted molar refractivity (Wildman–Crippen MR) is 132 cm³/mol. The number of furan rings is 1. The van der Waals surface area contributed by atoms with E-state index in [1.807, 2.05) is 36.4 Å². The molecule has 35 heavy (non-hydrogen) atoms. The Balaban J connectivity index is 1.30. The number of sulfonamides is 1. The number of anilines is 1. The zero-order chi connectivity index (χ0) is 24.6. The van der Waals surface area contributed by atoms with Crippen molar-refractivity contribution in [2.45, 2.75) is 17.7 Å². The number of ether oxygens (including phenoxy) is 1. The molecule has 2 heterocycles. The van der Waals surface area contributed by atoms with Crippen LogP contribution in [-0.4, -0.2) is 38.8 Å². The van der Waals surface area contributed by atoms with Crippen LogP contribution in [0.3, 0.4) is 0 Å². The summed E-state index contributed by atoms with van der Waals surface area (Å²) in [5.74, 6) is 0.00547. The number of fused-ring (bicyclic) bond motifs is 3. The molecule has 1 aliphatic heterocycles. The van der Waals surface area contributed by atoms with Crippen molar-refractivity contribution in [3.63, 3.8) is 0 Å². The zero-order valence-corrected chi connectivity index (χ0v) is 19.8. The average molecular weight is 490 g/mol. The highest BCUT2D eigenvalue weighted by atomic mass is 32.2. The molecule has 1 aliphatic rings. The van der Waals surface area contributed by atoms with Crippen molar-refractivity contribution < 1.29 is 22.4 Å². The number of carbonyl (C=O) groups excluding carboxylic acids is 1. The Labute approximate surface area is 202 Å². The fraction of sp³-hybridized carbons (Fsp3) is 0.231. The predicted octanol–water partition coefficient (Wildman–Crippen LogP) is 4.51. The van der Waals surface area contributed by atoms with Crippen LogP contribution in [0.1, 0.15) is 18.4 Å². The van der Waals surface area contributed by atoms with E-state index >= 15 is 0 Å². The van der Waals surface area contributed by atoms with Crippen molar-refractivity contribution in [3.05, 3.63) is 66.2 Å². The van der Waals surface area contributed by atoms with Gasteiger partial charge in [0.25, 0.3) is 0 Å². The number of hydrogen-bond acceptors (Lipinski definition) is 6. The SMILES string of the molecule is COc1cc2c(cc1NC(=O)C1CCN(S(=O)(=O)c3ccc(C#N)cc3)CC1)oc1ccccc12. The normalized spacial score (nSPS) is 15.2. The summed E-state index contributed by atoms with van der Waals surface area (Å²) < 4.78 is 38.7. The van der Waals surface area contributed by atoms with Gasteiger partial charge in [-0.25, -0.2) is 8.42 Å². The van der Waals surface area contributed by atoms with Gasteiger partial charge in [0, 0.05) is 35.8 Å². The number of amides is 1. The van der Waals surface area contributed by atoms with Crippen molar-refractivity contribution in [1.82, 2.24) is 4.31 Å². The largest absolute Gasteiger partial charge is 0.495 e. The quantitative estimate of drug-likeness (QED) is 0.442. The number of nitrogens with one attached hydrogen (secondary N) is 1. The van der Waals surface area contributed by atoms with Gasteiger partial charge in [-0.1, -0.05) is 18.2 Å². The lowest BCUT2D eigenvalue weighted by Crippen LogP contribution is -2.41. The van der Waals surface area contributed by atoms with E-state index in [9.17, 15) is 13.2 Å². The molecule has 0 unspecified atom stereocenters. The maximum absolute atomic E-state index is 13.0. The monoisotopic (exact) mass is 489 g/mol. The van der Waals surface area contributed by atoms with Gasteiger partial charge >= 0.3 is 0 Å². The fourth-order valence-corrected chi connectivity index (χ4v) is 5.93. The number of nitrogens with zero attached hydrogens (tertiary/aromatic N) is 2. The van der Waals surface area contributed by atoms with E-state index in [0.29, 0.717) is 35.4 Å². The highest BCUT2D eigenvalue weighted by Crippen LogP contribution is 2.37. The minimum Gasteiger partial charge on any atom is -0.495 e. The van der Waals surface area contributed by atoms with Gasteiger partial charge in [-0.3, -0.25) is 4.79 Å². The summed E-state index contributed by atoms with van der Waals surface area (Å²) >= 11 is 0. The zero-order valence-electron chi connectivity index (χ0n) is 19.0. The van der Waals surface area contributed by atoms with Crippen LogP contribution in [0.2, 0.25) is 0 Å². The number of methoxy groups -OCH3 is 1. The lowest BCUT2D eigenvalue weighted by atomic mass is 9.97. The van der Waals surface area contributed by atoms with Crippen LogP contribution in [-0.2, 0) is 14.8 Å². The summed E-state index contributed by atoms with van der Waals surface area (Å²) in [5, 5.41) is 13.7. The molecule has 8 nitrogen and oxygen atoms in total. The average Bonchev–Trinajstić information content (AvgIpc) is 3.25. The molecule has 0 radical (unpaired) electrons. The molecule has 1 aromatic heterocycles. The number of benzene rings is 3. The Bertz CT molecular complexity index is 1560. The maximum Gasteiger partial charge on any atom is 0.243 e. The van der Waals surface area contributed by atoms with Crippen LogP contribution in [0.25, 0.3) is 21.9 Å². The minimum absolute atomic E-state index is 0.142. The number of para-hydroxylation sites is 1. The Morgan fingerprint density at radius 2 is 1.77 bits per heavy atom. The fourth-order valence-electron chi connectivity index (χ4n) is 4.46. The molecule has 178 valence electrons. The van der Waals surface area contributed by atoms with Crippen molar-refractivity contribution >= 4 is 43.6 Å². The Kier molecular flexibility index (Phi) is 5.93. The molecule has 1 amide bonds. The molecule has 0 bridgehead atoms. The van der Waals surface area contributed by atoms with Gasteiger partial charge < -0.3 is 14.5 Å². The standard InChI is InChI=1S/C26H23N3O5S/c1-33-25-14-21-20-4-2-3-5-23(20)34-24(21)15-22(25)28-26(30)18-10-12-29(13-11-18)35(31,32)19-8-6-17(16-27)7-9-19/h2-9,14-15,18H,10-13H2,1H3,(H,28,30). The van der Waals surface area contributed by atoms with E-state index in [-0.39, 0.29) is 29.8 Å². The Morgan fingerprint density at radius 1 is 1.06 bits per heavy atom. The van der Waals surface area contributed by atoms with Gasteiger partial charge in [-0.2, -0.15) is 9.57 Å². The molecular formula is C26H23N3O5S. The molecule has 0 spiro atoms. The van der Waals surface area contributed by atoms with Gasteiger partial charge in [0.1, 0.15) is 16.9 Å². The third kappa shape index (κ3) is 4.22. The van der Waals surface area contributed by atoms with Gasteiger partial charge in [-0.15, -0.1) is 0 Å². The number of carbonyl (C=O) groups is 1. The summed E-state index contributed by atoms with van der Waals surface area (Å²) in [5.41, 5.74) is 2.31. The third-order valence-electron chi connectivity index (χ3n) is 6.40. The topological polar surface area (TPSA) is 113 Å². The van der Waals surface area contributed by atoms with Crippen LogP contribution in [0.15, 0.2) is 70.0 Å². The third-order valence-corrected chi connectivity index (χ3v) is 8.32. The van der Waals surface area contributed by atoms with Gasteiger partial charge in [-0.05, 0) is 49.2 Å². The van der Waals surface area contributed by atoms with E-state index in [4.69, 9.17) is 14.4 Å². The minimum atomic E-state index is -3.68. The lowest BCUT2D eigenvalue weighted by Gasteiger charge is -2.30. The van der Waals surface area contributed by atoms with Gasteiger partial charge in [0.15, 0.2) is 0 Å². The molecule has 1 fully saturated rings. The summed E-state index contributed by atoms with van der Waals surface area (Å²) in [6.07, 6.45) is 0.799. The number of nitriles is 1. The highest BCUT2D eigenvalue weighted by Gasteiger charge is 2.32. The first-order chi connectivity index (χ1) is 16.9. The van der Waals surface area contributed by atoms with Gasteiger partial charge in [0.05, 0.1) is 29.3 Å². The van der Waals surface area contributed by atoms with E-state index < -0.39 is 10.0 Å². The Hall–Kier alpha value is -3.87. The molecule has 1 saturated heterocycles. The van der Waals surface area contributed by atoms with Gasteiger partial charge in [0.2, 0.25) is 15.9 Å². The first-order valence-electron chi connectivity index (χ1n) is 11.2. The second kappa shape index (κ2) is 9.06. The summed E-state index contributed by atoms with van der Waals surface area (Å²) in [6, 6.07) is 19.1. The smallest absolute Gasteiger partial charge is 0.243 e. The second-order valence-electron chi connectivity index (χ2n) is 8.45. The lowest BCUT2D eigenvalue weighted by molar-refractivity contribution is -0.120. The molecule has 9 heteroatoms. The molecule has 3 aromatic carbocycles. The second-order valence-corrected chi connectivity index (χ2v) is 10.4. The van der Waals surface area contributed by atoms with Crippen molar-refractivity contribution in [2.24, 2.45) is 5.92 Å². The molecule has 0 atom stereocenters. The molecule has 1 N–H and O–H groups in total. The summed E-state index contributed by atoms with van der Waals surface area (Å²) in [4.78, 5) is 13.2. The first kappa shape index (κ1) is 22.9. The van der Waals surface area contributed by atoms with Crippen LogP contribution >= 0.6 is 0 Å². The molecule has 0 saturated carbocycles. The van der Waals surface area contributed by atoms with Crippen LogP contribution in [0.5, 0.6) is 5.75 Å². The van der Waals surface area contributed by atoms with Crippen molar-refractivity contribution in [1.29, 1.82) is 5.26 Å². The Morgan fingerprint density at radius 3 is 2.46 bits per heavy atom.